The van der Waals surface area contributed by atoms with Crippen LogP contribution >= 0.6 is 11.6 Å². The molecule has 1 fully saturated rings. The van der Waals surface area contributed by atoms with Crippen molar-refractivity contribution in [2.24, 2.45) is 0 Å². The minimum absolute atomic E-state index is 0.161. The first-order chi connectivity index (χ1) is 9.65. The summed E-state index contributed by atoms with van der Waals surface area (Å²) in [5.41, 5.74) is 0.372. The summed E-state index contributed by atoms with van der Waals surface area (Å²) < 4.78 is 0. The number of aromatic nitrogens is 1. The molecule has 1 aliphatic rings. The average molecular weight is 297 g/mol. The van der Waals surface area contributed by atoms with Gasteiger partial charge in [-0.1, -0.05) is 17.7 Å². The van der Waals surface area contributed by atoms with Gasteiger partial charge in [0.05, 0.1) is 0 Å². The second-order valence-electron chi connectivity index (χ2n) is 5.10. The summed E-state index contributed by atoms with van der Waals surface area (Å²) in [6, 6.07) is 5.06. The Kier molecular flexibility index (Phi) is 5.76. The van der Waals surface area contributed by atoms with Crippen molar-refractivity contribution in [3.8, 4) is 0 Å². The molecule has 0 aromatic carbocycles. The van der Waals surface area contributed by atoms with Gasteiger partial charge in [0.15, 0.2) is 0 Å². The smallest absolute Gasteiger partial charge is 0.269 e. The van der Waals surface area contributed by atoms with E-state index in [0.29, 0.717) is 17.4 Å². The summed E-state index contributed by atoms with van der Waals surface area (Å²) in [5, 5.41) is 3.22. The first-order valence-corrected chi connectivity index (χ1v) is 7.34. The summed E-state index contributed by atoms with van der Waals surface area (Å²) in [7, 11) is 2.15. The van der Waals surface area contributed by atoms with E-state index in [1.54, 1.807) is 18.2 Å². The van der Waals surface area contributed by atoms with Crippen molar-refractivity contribution in [1.82, 2.24) is 20.1 Å². The maximum absolute atomic E-state index is 11.8. The summed E-state index contributed by atoms with van der Waals surface area (Å²) in [6.07, 6.45) is 0.954. The van der Waals surface area contributed by atoms with Crippen LogP contribution in [-0.2, 0) is 0 Å². The quantitative estimate of drug-likeness (QED) is 0.653. The first-order valence-electron chi connectivity index (χ1n) is 6.97. The average Bonchev–Trinajstić information content (AvgIpc) is 2.45. The molecule has 2 rings (SSSR count). The van der Waals surface area contributed by atoms with E-state index < -0.39 is 0 Å². The van der Waals surface area contributed by atoms with Crippen LogP contribution in [0.5, 0.6) is 0 Å². The van der Waals surface area contributed by atoms with Crippen LogP contribution < -0.4 is 5.32 Å². The Morgan fingerprint density at radius 1 is 1.35 bits per heavy atom. The van der Waals surface area contributed by atoms with Gasteiger partial charge < -0.3 is 15.1 Å². The Balaban J connectivity index is 1.64. The molecule has 0 bridgehead atoms. The Bertz CT molecular complexity index is 447. The van der Waals surface area contributed by atoms with E-state index >= 15 is 0 Å². The van der Waals surface area contributed by atoms with Crippen LogP contribution in [0, 0.1) is 0 Å². The summed E-state index contributed by atoms with van der Waals surface area (Å²) in [6.45, 7) is 6.16. The molecule has 110 valence electrons. The fourth-order valence-corrected chi connectivity index (χ4v) is 2.37. The predicted molar refractivity (Wildman–Crippen MR) is 80.1 cm³/mol. The minimum atomic E-state index is -0.161. The molecule has 5 nitrogen and oxygen atoms in total. The first kappa shape index (κ1) is 15.2. The van der Waals surface area contributed by atoms with E-state index in [9.17, 15) is 4.79 Å². The molecule has 0 unspecified atom stereocenters. The molecule has 1 saturated heterocycles. The van der Waals surface area contributed by atoms with E-state index in [2.05, 4.69) is 27.1 Å². The van der Waals surface area contributed by atoms with Gasteiger partial charge in [-0.15, -0.1) is 0 Å². The molecular weight excluding hydrogens is 276 g/mol. The number of pyridine rings is 1. The van der Waals surface area contributed by atoms with Crippen molar-refractivity contribution >= 4 is 17.5 Å². The zero-order chi connectivity index (χ0) is 14.4. The molecule has 1 amide bonds. The van der Waals surface area contributed by atoms with Crippen LogP contribution in [0.2, 0.25) is 5.15 Å². The van der Waals surface area contributed by atoms with Crippen LogP contribution in [0.1, 0.15) is 16.9 Å². The lowest BCUT2D eigenvalue weighted by Crippen LogP contribution is -2.45. The van der Waals surface area contributed by atoms with Gasteiger partial charge in [-0.3, -0.25) is 4.79 Å². The SMILES string of the molecule is CN1CCN(CCCNC(=O)c2cccc(Cl)n2)CC1. The standard InChI is InChI=1S/C14H21ClN4O/c1-18-8-10-19(11-9-18)7-3-6-16-14(20)12-4-2-5-13(15)17-12/h2,4-5H,3,6-11H2,1H3,(H,16,20). The predicted octanol–water partition coefficient (Wildman–Crippen LogP) is 1.10. The maximum Gasteiger partial charge on any atom is 0.269 e. The molecule has 0 atom stereocenters. The van der Waals surface area contributed by atoms with Gasteiger partial charge in [-0.25, -0.2) is 4.98 Å². The largest absolute Gasteiger partial charge is 0.351 e. The number of rotatable bonds is 5. The van der Waals surface area contributed by atoms with E-state index in [4.69, 9.17) is 11.6 Å². The topological polar surface area (TPSA) is 48.5 Å². The molecule has 1 aromatic heterocycles. The van der Waals surface area contributed by atoms with Crippen LogP contribution in [0.4, 0.5) is 0 Å². The number of amides is 1. The number of halogens is 1. The molecule has 1 N–H and O–H groups in total. The fourth-order valence-electron chi connectivity index (χ4n) is 2.20. The number of carbonyl (C=O) groups excluding carboxylic acids is 1. The highest BCUT2D eigenvalue weighted by atomic mass is 35.5. The molecule has 6 heteroatoms. The number of nitrogens with one attached hydrogen (secondary N) is 1. The third kappa shape index (κ3) is 4.74. The van der Waals surface area contributed by atoms with Crippen molar-refractivity contribution in [1.29, 1.82) is 0 Å². The normalized spacial score (nSPS) is 17.1. The summed E-state index contributed by atoms with van der Waals surface area (Å²) in [5.74, 6) is -0.161. The number of carbonyl (C=O) groups is 1. The molecule has 1 aliphatic heterocycles. The highest BCUT2D eigenvalue weighted by Crippen LogP contribution is 2.05. The van der Waals surface area contributed by atoms with Crippen molar-refractivity contribution in [3.63, 3.8) is 0 Å². The zero-order valence-electron chi connectivity index (χ0n) is 11.8. The molecule has 0 spiro atoms. The number of hydrogen-bond acceptors (Lipinski definition) is 4. The molecule has 1 aromatic rings. The number of hydrogen-bond donors (Lipinski definition) is 1. The van der Waals surface area contributed by atoms with Crippen molar-refractivity contribution in [2.45, 2.75) is 6.42 Å². The minimum Gasteiger partial charge on any atom is -0.351 e. The van der Waals surface area contributed by atoms with Gasteiger partial charge in [0.2, 0.25) is 0 Å². The zero-order valence-corrected chi connectivity index (χ0v) is 12.6. The lowest BCUT2D eigenvalue weighted by atomic mass is 10.3. The number of nitrogens with zero attached hydrogens (tertiary/aromatic N) is 3. The van der Waals surface area contributed by atoms with Crippen molar-refractivity contribution in [2.75, 3.05) is 46.3 Å². The van der Waals surface area contributed by atoms with E-state index in [1.807, 2.05) is 0 Å². The van der Waals surface area contributed by atoms with E-state index in [1.165, 1.54) is 0 Å². The Hall–Kier alpha value is -1.17. The lowest BCUT2D eigenvalue weighted by Gasteiger charge is -2.32. The van der Waals surface area contributed by atoms with Crippen LogP contribution in [0.25, 0.3) is 0 Å². The number of piperazine rings is 1. The van der Waals surface area contributed by atoms with Crippen LogP contribution in [0.15, 0.2) is 18.2 Å². The second-order valence-corrected chi connectivity index (χ2v) is 5.49. The number of likely N-dealkylation sites (N-methyl/N-ethyl adjacent to an activating group) is 1. The molecule has 0 radical (unpaired) electrons. The molecule has 0 aliphatic carbocycles. The van der Waals surface area contributed by atoms with Crippen molar-refractivity contribution < 1.29 is 4.79 Å². The third-order valence-electron chi connectivity index (χ3n) is 3.48. The summed E-state index contributed by atoms with van der Waals surface area (Å²) >= 11 is 5.76. The van der Waals surface area contributed by atoms with Gasteiger partial charge in [0, 0.05) is 32.7 Å². The Labute approximate surface area is 124 Å². The van der Waals surface area contributed by atoms with E-state index in [-0.39, 0.29) is 5.91 Å². The van der Waals surface area contributed by atoms with Gasteiger partial charge in [0.25, 0.3) is 5.91 Å². The van der Waals surface area contributed by atoms with Gasteiger partial charge >= 0.3 is 0 Å². The monoisotopic (exact) mass is 296 g/mol. The third-order valence-corrected chi connectivity index (χ3v) is 3.69. The molecular formula is C14H21ClN4O. The Morgan fingerprint density at radius 3 is 2.80 bits per heavy atom. The maximum atomic E-state index is 11.8. The molecule has 20 heavy (non-hydrogen) atoms. The highest BCUT2D eigenvalue weighted by molar-refractivity contribution is 6.29. The highest BCUT2D eigenvalue weighted by Gasteiger charge is 2.13. The van der Waals surface area contributed by atoms with Crippen molar-refractivity contribution in [3.05, 3.63) is 29.0 Å². The van der Waals surface area contributed by atoms with Gasteiger partial charge in [-0.2, -0.15) is 0 Å². The van der Waals surface area contributed by atoms with Gasteiger partial charge in [-0.05, 0) is 32.1 Å². The molecule has 0 saturated carbocycles. The lowest BCUT2D eigenvalue weighted by molar-refractivity contribution is 0.0944. The fraction of sp³-hybridized carbons (Fsp3) is 0.571. The Morgan fingerprint density at radius 2 is 2.10 bits per heavy atom. The van der Waals surface area contributed by atoms with Gasteiger partial charge in [0.1, 0.15) is 10.8 Å². The van der Waals surface area contributed by atoms with Crippen LogP contribution in [-0.4, -0.2) is 67.0 Å². The van der Waals surface area contributed by atoms with E-state index in [0.717, 1.165) is 39.1 Å². The summed E-state index contributed by atoms with van der Waals surface area (Å²) in [4.78, 5) is 20.6. The molecule has 2 heterocycles. The van der Waals surface area contributed by atoms with Crippen LogP contribution in [0.3, 0.4) is 0 Å². The second kappa shape index (κ2) is 7.57.